The Kier molecular flexibility index (Phi) is 6.47. The first-order chi connectivity index (χ1) is 12.0. The van der Waals surface area contributed by atoms with Gasteiger partial charge >= 0.3 is 0 Å². The molecule has 1 aromatic carbocycles. The molecule has 26 heavy (non-hydrogen) atoms. The van der Waals surface area contributed by atoms with Gasteiger partial charge in [-0.2, -0.15) is 0 Å². The first kappa shape index (κ1) is 20.9. The molecule has 5 nitrogen and oxygen atoms in total. The molecule has 0 spiro atoms. The second-order valence-electron chi connectivity index (χ2n) is 7.58. The molecule has 0 aliphatic rings. The minimum absolute atomic E-state index is 0.150. The van der Waals surface area contributed by atoms with Crippen molar-refractivity contribution < 1.29 is 14.2 Å². The SMILES string of the molecule is CC(CCC(O)(Cn1[nH]cnc1=S)C(C)(C)C)Oc1ccc(Cl)cc1F. The van der Waals surface area contributed by atoms with Crippen LogP contribution in [-0.4, -0.2) is 31.6 Å². The van der Waals surface area contributed by atoms with Gasteiger partial charge in [-0.3, -0.25) is 9.78 Å². The fourth-order valence-electron chi connectivity index (χ4n) is 2.63. The first-order valence-electron chi connectivity index (χ1n) is 8.46. The van der Waals surface area contributed by atoms with Gasteiger partial charge in [0.2, 0.25) is 4.77 Å². The van der Waals surface area contributed by atoms with Crippen LogP contribution < -0.4 is 4.74 Å². The number of hydrogen-bond acceptors (Lipinski definition) is 4. The Hall–Kier alpha value is -1.44. The van der Waals surface area contributed by atoms with Gasteiger partial charge < -0.3 is 9.84 Å². The summed E-state index contributed by atoms with van der Waals surface area (Å²) in [6, 6.07) is 4.31. The summed E-state index contributed by atoms with van der Waals surface area (Å²) >= 11 is 10.9. The Balaban J connectivity index is 2.06. The van der Waals surface area contributed by atoms with Crippen molar-refractivity contribution in [1.82, 2.24) is 14.8 Å². The van der Waals surface area contributed by atoms with Gasteiger partial charge in [-0.15, -0.1) is 0 Å². The average Bonchev–Trinajstić information content (AvgIpc) is 2.92. The number of halogens is 2. The van der Waals surface area contributed by atoms with Crippen LogP contribution in [0.5, 0.6) is 5.75 Å². The van der Waals surface area contributed by atoms with E-state index < -0.39 is 16.8 Å². The molecule has 8 heteroatoms. The van der Waals surface area contributed by atoms with E-state index in [1.54, 1.807) is 10.7 Å². The van der Waals surface area contributed by atoms with Crippen LogP contribution >= 0.6 is 23.8 Å². The third kappa shape index (κ3) is 5.05. The number of ether oxygens (including phenoxy) is 1. The number of benzene rings is 1. The number of hydrogen-bond donors (Lipinski definition) is 2. The lowest BCUT2D eigenvalue weighted by Gasteiger charge is -2.41. The maximum atomic E-state index is 13.9. The van der Waals surface area contributed by atoms with Crippen LogP contribution in [-0.2, 0) is 6.54 Å². The standard InChI is InChI=1S/C18H25ClFN3O2S/c1-12(25-15-6-5-13(19)9-14(15)20)7-8-18(24,17(2,3)4)10-23-16(26)21-11-22-23/h5-6,9,11-12,24H,7-8,10H2,1-4H3,(H,21,22,26). The van der Waals surface area contributed by atoms with E-state index in [1.165, 1.54) is 18.5 Å². The van der Waals surface area contributed by atoms with E-state index in [2.05, 4.69) is 10.1 Å². The van der Waals surface area contributed by atoms with Crippen LogP contribution in [0.2, 0.25) is 5.02 Å². The Morgan fingerprint density at radius 2 is 2.12 bits per heavy atom. The van der Waals surface area contributed by atoms with Crippen LogP contribution in [0.25, 0.3) is 0 Å². The van der Waals surface area contributed by atoms with Crippen molar-refractivity contribution in [2.75, 3.05) is 0 Å². The van der Waals surface area contributed by atoms with Crippen LogP contribution in [0.15, 0.2) is 24.5 Å². The molecular formula is C18H25ClFN3O2S. The minimum Gasteiger partial charge on any atom is -0.488 e. The van der Waals surface area contributed by atoms with Gasteiger partial charge in [-0.1, -0.05) is 32.4 Å². The molecule has 0 aliphatic carbocycles. The van der Waals surface area contributed by atoms with Gasteiger partial charge in [-0.25, -0.2) is 9.37 Å². The van der Waals surface area contributed by atoms with Gasteiger partial charge in [0.1, 0.15) is 6.33 Å². The highest BCUT2D eigenvalue weighted by atomic mass is 35.5. The Morgan fingerprint density at radius 1 is 1.42 bits per heavy atom. The van der Waals surface area contributed by atoms with E-state index in [1.807, 2.05) is 27.7 Å². The third-order valence-corrected chi connectivity index (χ3v) is 5.18. The number of nitrogens with one attached hydrogen (secondary N) is 1. The lowest BCUT2D eigenvalue weighted by atomic mass is 9.73. The largest absolute Gasteiger partial charge is 0.488 e. The van der Waals surface area contributed by atoms with Crippen molar-refractivity contribution in [3.05, 3.63) is 40.1 Å². The maximum Gasteiger partial charge on any atom is 0.215 e. The molecule has 1 aromatic heterocycles. The van der Waals surface area contributed by atoms with Crippen molar-refractivity contribution in [3.8, 4) is 5.75 Å². The molecule has 2 unspecified atom stereocenters. The minimum atomic E-state index is -1.05. The van der Waals surface area contributed by atoms with E-state index in [-0.39, 0.29) is 18.4 Å². The van der Waals surface area contributed by atoms with Crippen LogP contribution in [0.4, 0.5) is 4.39 Å². The fourth-order valence-corrected chi connectivity index (χ4v) is 2.96. The molecule has 0 aliphatic heterocycles. The summed E-state index contributed by atoms with van der Waals surface area (Å²) in [6.07, 6.45) is 2.21. The van der Waals surface area contributed by atoms with Gasteiger partial charge in [0, 0.05) is 5.02 Å². The smallest absolute Gasteiger partial charge is 0.215 e. The molecule has 2 N–H and O–H groups in total. The molecule has 0 fully saturated rings. The topological polar surface area (TPSA) is 63.1 Å². The van der Waals surface area contributed by atoms with E-state index in [9.17, 15) is 9.50 Å². The number of aliphatic hydroxyl groups is 1. The highest BCUT2D eigenvalue weighted by Gasteiger charge is 2.40. The molecular weight excluding hydrogens is 377 g/mol. The zero-order valence-electron chi connectivity index (χ0n) is 15.4. The zero-order valence-corrected chi connectivity index (χ0v) is 17.0. The molecule has 0 amide bonds. The van der Waals surface area contributed by atoms with Gasteiger partial charge in [0.05, 0.1) is 18.2 Å². The Morgan fingerprint density at radius 3 is 2.65 bits per heavy atom. The molecule has 0 saturated carbocycles. The lowest BCUT2D eigenvalue weighted by Crippen LogP contribution is -2.47. The lowest BCUT2D eigenvalue weighted by molar-refractivity contribution is -0.0855. The number of H-pyrrole nitrogens is 1. The average molecular weight is 402 g/mol. The molecule has 144 valence electrons. The van der Waals surface area contributed by atoms with Crippen molar-refractivity contribution in [2.45, 2.75) is 58.8 Å². The van der Waals surface area contributed by atoms with Crippen molar-refractivity contribution in [3.63, 3.8) is 0 Å². The van der Waals surface area contributed by atoms with Gasteiger partial charge in [0.15, 0.2) is 11.6 Å². The van der Waals surface area contributed by atoms with E-state index in [0.717, 1.165) is 0 Å². The third-order valence-electron chi connectivity index (χ3n) is 4.62. The summed E-state index contributed by atoms with van der Waals surface area (Å²) in [5, 5.41) is 14.5. The van der Waals surface area contributed by atoms with Crippen molar-refractivity contribution in [2.24, 2.45) is 5.41 Å². The summed E-state index contributed by atoms with van der Waals surface area (Å²) in [7, 11) is 0. The molecule has 0 saturated heterocycles. The Bertz CT molecular complexity index is 802. The van der Waals surface area contributed by atoms with Crippen LogP contribution in [0, 0.1) is 16.0 Å². The fraction of sp³-hybridized carbons (Fsp3) is 0.556. The monoisotopic (exact) mass is 401 g/mol. The van der Waals surface area contributed by atoms with E-state index in [4.69, 9.17) is 28.6 Å². The van der Waals surface area contributed by atoms with Crippen LogP contribution in [0.3, 0.4) is 0 Å². The maximum absolute atomic E-state index is 13.9. The molecule has 2 aromatic rings. The predicted molar refractivity (Wildman–Crippen MR) is 103 cm³/mol. The van der Waals surface area contributed by atoms with Gasteiger partial charge in [0.25, 0.3) is 0 Å². The second-order valence-corrected chi connectivity index (χ2v) is 8.38. The number of nitrogens with zero attached hydrogens (tertiary/aromatic N) is 2. The number of rotatable bonds is 7. The molecule has 2 atom stereocenters. The first-order valence-corrected chi connectivity index (χ1v) is 9.25. The molecule has 0 radical (unpaired) electrons. The van der Waals surface area contributed by atoms with Gasteiger partial charge in [-0.05, 0) is 55.6 Å². The predicted octanol–water partition coefficient (Wildman–Crippen LogP) is 4.76. The summed E-state index contributed by atoms with van der Waals surface area (Å²) in [5.41, 5.74) is -1.45. The van der Waals surface area contributed by atoms with E-state index >= 15 is 0 Å². The highest BCUT2D eigenvalue weighted by Crippen LogP contribution is 2.36. The molecule has 2 rings (SSSR count). The van der Waals surface area contributed by atoms with Crippen molar-refractivity contribution in [1.29, 1.82) is 0 Å². The summed E-state index contributed by atoms with van der Waals surface area (Å²) < 4.78 is 21.6. The van der Waals surface area contributed by atoms with Crippen LogP contribution in [0.1, 0.15) is 40.5 Å². The van der Waals surface area contributed by atoms with Crippen molar-refractivity contribution >= 4 is 23.8 Å². The normalized spacial score (nSPS) is 15.5. The summed E-state index contributed by atoms with van der Waals surface area (Å²) in [4.78, 5) is 3.98. The Labute approximate surface area is 163 Å². The number of aromatic amines is 1. The molecule has 1 heterocycles. The summed E-state index contributed by atoms with van der Waals surface area (Å²) in [6.45, 7) is 8.04. The second kappa shape index (κ2) is 8.06. The summed E-state index contributed by atoms with van der Waals surface area (Å²) in [5.74, 6) is -0.351. The molecule has 0 bridgehead atoms. The quantitative estimate of drug-likeness (QED) is 0.656. The number of aromatic nitrogens is 3. The zero-order chi connectivity index (χ0) is 19.5. The van der Waals surface area contributed by atoms with E-state index in [0.29, 0.717) is 22.6 Å². The highest BCUT2D eigenvalue weighted by molar-refractivity contribution is 7.71.